The van der Waals surface area contributed by atoms with E-state index >= 15 is 0 Å². The quantitative estimate of drug-likeness (QED) is 0.780. The Hall–Kier alpha value is -0.740. The molecule has 90 valence electrons. The normalized spacial score (nSPS) is 12.5. The summed E-state index contributed by atoms with van der Waals surface area (Å²) in [5, 5.41) is 0. The lowest BCUT2D eigenvalue weighted by molar-refractivity contribution is 0.316. The van der Waals surface area contributed by atoms with Crippen molar-refractivity contribution in [1.82, 2.24) is 0 Å². The molecule has 2 N–H and O–H groups in total. The van der Waals surface area contributed by atoms with Crippen molar-refractivity contribution in [3.63, 3.8) is 0 Å². The summed E-state index contributed by atoms with van der Waals surface area (Å²) in [5.41, 5.74) is 6.15. The minimum atomic E-state index is -0.294. The third-order valence-electron chi connectivity index (χ3n) is 2.22. The summed E-state index contributed by atoms with van der Waals surface area (Å²) >= 11 is 1.78. The highest BCUT2D eigenvalue weighted by Gasteiger charge is 2.07. The predicted molar refractivity (Wildman–Crippen MR) is 67.5 cm³/mol. The summed E-state index contributed by atoms with van der Waals surface area (Å²) < 4.78 is 18.9. The summed E-state index contributed by atoms with van der Waals surface area (Å²) in [6, 6.07) is 4.56. The van der Waals surface area contributed by atoms with Crippen molar-refractivity contribution in [3.8, 4) is 5.75 Å². The van der Waals surface area contributed by atoms with Gasteiger partial charge in [-0.05, 0) is 31.4 Å². The predicted octanol–water partition coefficient (Wildman–Crippen LogP) is 2.98. The van der Waals surface area contributed by atoms with Gasteiger partial charge in [-0.3, -0.25) is 0 Å². The molecule has 2 nitrogen and oxygen atoms in total. The lowest BCUT2D eigenvalue weighted by Gasteiger charge is -2.10. The van der Waals surface area contributed by atoms with Crippen molar-refractivity contribution in [3.05, 3.63) is 29.6 Å². The van der Waals surface area contributed by atoms with Crippen molar-refractivity contribution in [2.75, 3.05) is 18.6 Å². The average Bonchev–Trinajstić information content (AvgIpc) is 2.24. The van der Waals surface area contributed by atoms with Gasteiger partial charge in [0.05, 0.1) is 6.61 Å². The Morgan fingerprint density at radius 1 is 1.50 bits per heavy atom. The Labute approximate surface area is 100 Å². The molecule has 0 saturated carbocycles. The Kier molecular flexibility index (Phi) is 5.63. The molecule has 0 fully saturated rings. The topological polar surface area (TPSA) is 35.2 Å². The van der Waals surface area contributed by atoms with Gasteiger partial charge in [0.15, 0.2) is 0 Å². The summed E-state index contributed by atoms with van der Waals surface area (Å²) in [4.78, 5) is 0. The highest BCUT2D eigenvalue weighted by atomic mass is 32.2. The Morgan fingerprint density at radius 2 is 2.25 bits per heavy atom. The minimum absolute atomic E-state index is 0.287. The van der Waals surface area contributed by atoms with Crippen LogP contribution < -0.4 is 10.5 Å². The summed E-state index contributed by atoms with van der Waals surface area (Å²) in [7, 11) is 0. The first-order valence-electron chi connectivity index (χ1n) is 5.32. The average molecular weight is 243 g/mol. The lowest BCUT2D eigenvalue weighted by Crippen LogP contribution is -2.07. The number of hydrogen-bond donors (Lipinski definition) is 1. The van der Waals surface area contributed by atoms with Gasteiger partial charge in [-0.25, -0.2) is 4.39 Å². The van der Waals surface area contributed by atoms with Crippen LogP contribution in [0.1, 0.15) is 24.9 Å². The first-order chi connectivity index (χ1) is 7.65. The second-order valence-corrected chi connectivity index (χ2v) is 4.65. The Morgan fingerprint density at radius 3 is 2.81 bits per heavy atom. The van der Waals surface area contributed by atoms with Crippen LogP contribution in [0, 0.1) is 5.82 Å². The third kappa shape index (κ3) is 4.02. The molecule has 4 heteroatoms. The number of halogens is 1. The maximum atomic E-state index is 13.5. The minimum Gasteiger partial charge on any atom is -0.493 e. The van der Waals surface area contributed by atoms with Crippen LogP contribution in [0.3, 0.4) is 0 Å². The molecule has 0 spiro atoms. The van der Waals surface area contributed by atoms with Gasteiger partial charge >= 0.3 is 0 Å². The van der Waals surface area contributed by atoms with Crippen LogP contribution in [0.2, 0.25) is 0 Å². The van der Waals surface area contributed by atoms with E-state index in [9.17, 15) is 4.39 Å². The van der Waals surface area contributed by atoms with E-state index in [2.05, 4.69) is 6.26 Å². The van der Waals surface area contributed by atoms with Crippen LogP contribution in [-0.2, 0) is 0 Å². The van der Waals surface area contributed by atoms with Gasteiger partial charge < -0.3 is 10.5 Å². The van der Waals surface area contributed by atoms with Crippen LogP contribution >= 0.6 is 11.8 Å². The highest BCUT2D eigenvalue weighted by molar-refractivity contribution is 7.98. The number of rotatable bonds is 6. The molecule has 0 aromatic heterocycles. The smallest absolute Gasteiger partial charge is 0.131 e. The number of nitrogens with two attached hydrogens (primary N) is 1. The Balaban J connectivity index is 2.53. The van der Waals surface area contributed by atoms with Crippen molar-refractivity contribution in [2.45, 2.75) is 19.4 Å². The second kappa shape index (κ2) is 6.76. The lowest BCUT2D eigenvalue weighted by atomic mass is 10.1. The maximum absolute atomic E-state index is 13.5. The van der Waals surface area contributed by atoms with E-state index < -0.39 is 0 Å². The van der Waals surface area contributed by atoms with E-state index in [0.717, 1.165) is 12.2 Å². The van der Waals surface area contributed by atoms with E-state index in [-0.39, 0.29) is 11.9 Å². The largest absolute Gasteiger partial charge is 0.493 e. The van der Waals surface area contributed by atoms with E-state index in [0.29, 0.717) is 17.9 Å². The van der Waals surface area contributed by atoms with E-state index in [1.54, 1.807) is 30.8 Å². The van der Waals surface area contributed by atoms with Gasteiger partial charge in [-0.2, -0.15) is 11.8 Å². The highest BCUT2D eigenvalue weighted by Crippen LogP contribution is 2.20. The first kappa shape index (κ1) is 13.3. The molecule has 1 atom stereocenters. The molecule has 0 bridgehead atoms. The van der Waals surface area contributed by atoms with Gasteiger partial charge in [0.1, 0.15) is 11.6 Å². The summed E-state index contributed by atoms with van der Waals surface area (Å²) in [6.07, 6.45) is 3.02. The molecule has 1 aromatic carbocycles. The molecule has 0 saturated heterocycles. The number of thioether (sulfide) groups is 1. The molecule has 0 heterocycles. The molecule has 0 aliphatic rings. The summed E-state index contributed by atoms with van der Waals surface area (Å²) in [6.45, 7) is 2.38. The number of ether oxygens (including phenoxy) is 1. The van der Waals surface area contributed by atoms with E-state index in [1.165, 1.54) is 6.07 Å². The van der Waals surface area contributed by atoms with Crippen LogP contribution in [0.4, 0.5) is 4.39 Å². The zero-order chi connectivity index (χ0) is 12.0. The number of hydrogen-bond acceptors (Lipinski definition) is 3. The van der Waals surface area contributed by atoms with Crippen LogP contribution in [-0.4, -0.2) is 18.6 Å². The van der Waals surface area contributed by atoms with E-state index in [4.69, 9.17) is 10.5 Å². The van der Waals surface area contributed by atoms with Crippen molar-refractivity contribution in [2.24, 2.45) is 5.73 Å². The van der Waals surface area contributed by atoms with Gasteiger partial charge in [0.2, 0.25) is 0 Å². The second-order valence-electron chi connectivity index (χ2n) is 3.67. The van der Waals surface area contributed by atoms with Crippen molar-refractivity contribution < 1.29 is 9.13 Å². The molecule has 0 aliphatic carbocycles. The van der Waals surface area contributed by atoms with Crippen molar-refractivity contribution >= 4 is 11.8 Å². The molecule has 1 rings (SSSR count). The molecule has 0 aliphatic heterocycles. The standard InChI is InChI=1S/C12H18FNOS/c1-9(14)11-5-4-10(8-12(11)13)15-6-3-7-16-2/h4-5,8-9H,3,6-7,14H2,1-2H3. The molecular formula is C12H18FNOS. The van der Waals surface area contributed by atoms with Gasteiger partial charge in [0, 0.05) is 17.7 Å². The fourth-order valence-electron chi connectivity index (χ4n) is 1.36. The third-order valence-corrected chi connectivity index (χ3v) is 2.92. The van der Waals surface area contributed by atoms with Crippen LogP contribution in [0.15, 0.2) is 18.2 Å². The van der Waals surface area contributed by atoms with Gasteiger partial charge in [-0.1, -0.05) is 6.07 Å². The Bertz CT molecular complexity index is 331. The SMILES string of the molecule is CSCCCOc1ccc(C(C)N)c(F)c1. The monoisotopic (exact) mass is 243 g/mol. The van der Waals surface area contributed by atoms with Crippen LogP contribution in [0.25, 0.3) is 0 Å². The molecular weight excluding hydrogens is 225 g/mol. The molecule has 16 heavy (non-hydrogen) atoms. The zero-order valence-electron chi connectivity index (χ0n) is 9.70. The number of benzene rings is 1. The van der Waals surface area contributed by atoms with Crippen molar-refractivity contribution in [1.29, 1.82) is 0 Å². The molecule has 0 amide bonds. The zero-order valence-corrected chi connectivity index (χ0v) is 10.5. The molecule has 0 radical (unpaired) electrons. The van der Waals surface area contributed by atoms with Gasteiger partial charge in [0.25, 0.3) is 0 Å². The maximum Gasteiger partial charge on any atom is 0.131 e. The summed E-state index contributed by atoms with van der Waals surface area (Å²) in [5.74, 6) is 1.33. The molecule has 1 aromatic rings. The first-order valence-corrected chi connectivity index (χ1v) is 6.71. The fraction of sp³-hybridized carbons (Fsp3) is 0.500. The van der Waals surface area contributed by atoms with Gasteiger partial charge in [-0.15, -0.1) is 0 Å². The van der Waals surface area contributed by atoms with Crippen LogP contribution in [0.5, 0.6) is 5.75 Å². The molecule has 1 unspecified atom stereocenters. The van der Waals surface area contributed by atoms with E-state index in [1.807, 2.05) is 0 Å². The fourth-order valence-corrected chi connectivity index (χ4v) is 1.77.